The molecule has 4 aromatic rings. The number of nitrogens with zero attached hydrogens (tertiary/aromatic N) is 2. The van der Waals surface area contributed by atoms with Gasteiger partial charge in [-0.3, -0.25) is 4.79 Å². The van der Waals surface area contributed by atoms with Crippen molar-refractivity contribution >= 4 is 32.8 Å². The quantitative estimate of drug-likeness (QED) is 0.210. The van der Waals surface area contributed by atoms with Crippen LogP contribution in [0.15, 0.2) is 71.8 Å². The summed E-state index contributed by atoms with van der Waals surface area (Å²) in [4.78, 5) is 28.5. The second-order valence-electron chi connectivity index (χ2n) is 9.01. The number of halogens is 3. The largest absolute Gasteiger partial charge is 0.462 e. The van der Waals surface area contributed by atoms with Crippen molar-refractivity contribution < 1.29 is 40.7 Å². The normalized spacial score (nSPS) is 11.9. The summed E-state index contributed by atoms with van der Waals surface area (Å²) in [6.07, 6.45) is -2.66. The molecule has 0 saturated carbocycles. The highest BCUT2D eigenvalue weighted by Crippen LogP contribution is 2.35. The molecular weight excluding hydrogens is 549 g/mol. The first-order chi connectivity index (χ1) is 18.9. The standard InChI is InChI=1S/C28H25F3N2O6S/c1-18-23(16-25(34)38-13-14-39-27(35)19-7-4-3-5-8-19)22-9-6-12-32-26(22)33(18)17-20-10-11-21(40(2,36)37)15-24(20)28(29,30)31/h3-12,15H,13-14,16-17H2,1-2H3. The lowest BCUT2D eigenvalue weighted by molar-refractivity contribution is -0.144. The van der Waals surface area contributed by atoms with Crippen LogP contribution < -0.4 is 0 Å². The summed E-state index contributed by atoms with van der Waals surface area (Å²) < 4.78 is 77.3. The summed E-state index contributed by atoms with van der Waals surface area (Å²) in [5.41, 5.74) is 0.528. The summed E-state index contributed by atoms with van der Waals surface area (Å²) in [7, 11) is -3.85. The van der Waals surface area contributed by atoms with Gasteiger partial charge >= 0.3 is 18.1 Å². The van der Waals surface area contributed by atoms with E-state index in [1.165, 1.54) is 6.20 Å². The van der Waals surface area contributed by atoms with Crippen molar-refractivity contribution in [2.24, 2.45) is 0 Å². The Kier molecular flexibility index (Phi) is 8.29. The smallest absolute Gasteiger partial charge is 0.416 e. The van der Waals surface area contributed by atoms with Gasteiger partial charge in [-0.05, 0) is 54.4 Å². The molecule has 0 amide bonds. The van der Waals surface area contributed by atoms with Crippen LogP contribution in [0.25, 0.3) is 11.0 Å². The van der Waals surface area contributed by atoms with E-state index in [-0.39, 0.29) is 31.7 Å². The average molecular weight is 575 g/mol. The molecule has 0 N–H and O–H groups in total. The lowest BCUT2D eigenvalue weighted by Gasteiger charge is -2.16. The number of hydrogen-bond acceptors (Lipinski definition) is 7. The zero-order chi connectivity index (χ0) is 29.1. The number of fused-ring (bicyclic) bond motifs is 1. The second-order valence-corrected chi connectivity index (χ2v) is 11.0. The molecule has 2 aromatic carbocycles. The number of pyridine rings is 1. The number of benzene rings is 2. The molecule has 0 aliphatic rings. The minimum absolute atomic E-state index is 0.147. The van der Waals surface area contributed by atoms with Crippen molar-refractivity contribution in [2.45, 2.75) is 31.0 Å². The van der Waals surface area contributed by atoms with E-state index >= 15 is 0 Å². The van der Waals surface area contributed by atoms with Gasteiger partial charge in [-0.25, -0.2) is 18.2 Å². The predicted molar refractivity (Wildman–Crippen MR) is 140 cm³/mol. The Hall–Kier alpha value is -4.19. The van der Waals surface area contributed by atoms with Gasteiger partial charge in [-0.15, -0.1) is 0 Å². The fourth-order valence-electron chi connectivity index (χ4n) is 4.28. The van der Waals surface area contributed by atoms with Crippen LogP contribution in [0.1, 0.15) is 32.7 Å². The van der Waals surface area contributed by atoms with Crippen LogP contribution in [0.4, 0.5) is 13.2 Å². The SMILES string of the molecule is Cc1c(CC(=O)OCCOC(=O)c2ccccc2)c2cccnc2n1Cc1ccc(S(C)(=O)=O)cc1C(F)(F)F. The van der Waals surface area contributed by atoms with Crippen LogP contribution in [0.3, 0.4) is 0 Å². The summed E-state index contributed by atoms with van der Waals surface area (Å²) in [5.74, 6) is -1.17. The van der Waals surface area contributed by atoms with Crippen LogP contribution in [-0.2, 0) is 43.2 Å². The van der Waals surface area contributed by atoms with Gasteiger partial charge in [0.05, 0.1) is 22.4 Å². The first kappa shape index (κ1) is 28.8. The van der Waals surface area contributed by atoms with E-state index < -0.39 is 38.4 Å². The number of hydrogen-bond donors (Lipinski definition) is 0. The molecule has 0 spiro atoms. The molecule has 4 rings (SSSR count). The van der Waals surface area contributed by atoms with Gasteiger partial charge in [0.1, 0.15) is 18.9 Å². The number of rotatable bonds is 9. The molecule has 0 atom stereocenters. The van der Waals surface area contributed by atoms with E-state index in [0.29, 0.717) is 33.9 Å². The van der Waals surface area contributed by atoms with Crippen LogP contribution >= 0.6 is 0 Å². The number of ether oxygens (including phenoxy) is 2. The molecule has 40 heavy (non-hydrogen) atoms. The summed E-state index contributed by atoms with van der Waals surface area (Å²) in [6.45, 7) is 1.08. The van der Waals surface area contributed by atoms with Crippen molar-refractivity contribution in [3.05, 3.63) is 94.8 Å². The third-order valence-electron chi connectivity index (χ3n) is 6.26. The molecular formula is C28H25F3N2O6S. The fourth-order valence-corrected chi connectivity index (χ4v) is 4.93. The van der Waals surface area contributed by atoms with Crippen molar-refractivity contribution in [3.63, 3.8) is 0 Å². The number of carbonyl (C=O) groups excluding carboxylic acids is 2. The summed E-state index contributed by atoms with van der Waals surface area (Å²) in [6, 6.07) is 14.6. The first-order valence-electron chi connectivity index (χ1n) is 12.1. The van der Waals surface area contributed by atoms with Crippen molar-refractivity contribution in [1.29, 1.82) is 0 Å². The van der Waals surface area contributed by atoms with Gasteiger partial charge in [0.25, 0.3) is 0 Å². The van der Waals surface area contributed by atoms with Crippen LogP contribution in [0.5, 0.6) is 0 Å². The highest BCUT2D eigenvalue weighted by Gasteiger charge is 2.35. The Balaban J connectivity index is 1.53. The molecule has 0 unspecified atom stereocenters. The first-order valence-corrected chi connectivity index (χ1v) is 14.0. The van der Waals surface area contributed by atoms with Gasteiger partial charge in [0.15, 0.2) is 9.84 Å². The molecule has 2 aromatic heterocycles. The van der Waals surface area contributed by atoms with E-state index in [9.17, 15) is 31.2 Å². The second kappa shape index (κ2) is 11.5. The zero-order valence-corrected chi connectivity index (χ0v) is 22.4. The molecule has 0 aliphatic heterocycles. The molecule has 12 heteroatoms. The van der Waals surface area contributed by atoms with Crippen molar-refractivity contribution in [3.8, 4) is 0 Å². The van der Waals surface area contributed by atoms with Gasteiger partial charge in [-0.2, -0.15) is 13.2 Å². The zero-order valence-electron chi connectivity index (χ0n) is 21.6. The summed E-state index contributed by atoms with van der Waals surface area (Å²) in [5, 5.41) is 0.564. The molecule has 2 heterocycles. The average Bonchev–Trinajstić information content (AvgIpc) is 3.16. The topological polar surface area (TPSA) is 105 Å². The lowest BCUT2D eigenvalue weighted by atomic mass is 10.1. The molecule has 0 radical (unpaired) electrons. The number of carbonyl (C=O) groups is 2. The van der Waals surface area contributed by atoms with E-state index in [0.717, 1.165) is 18.4 Å². The highest BCUT2D eigenvalue weighted by molar-refractivity contribution is 7.90. The maximum Gasteiger partial charge on any atom is 0.416 e. The molecule has 0 bridgehead atoms. The number of aromatic nitrogens is 2. The molecule has 8 nitrogen and oxygen atoms in total. The van der Waals surface area contributed by atoms with E-state index in [2.05, 4.69) is 4.98 Å². The molecule has 210 valence electrons. The minimum atomic E-state index is -4.79. The predicted octanol–water partition coefficient (Wildman–Crippen LogP) is 4.76. The Labute approximate surface area is 228 Å². The van der Waals surface area contributed by atoms with E-state index in [1.54, 1.807) is 54.0 Å². The summed E-state index contributed by atoms with van der Waals surface area (Å²) >= 11 is 0. The van der Waals surface area contributed by atoms with Crippen molar-refractivity contribution in [2.75, 3.05) is 19.5 Å². The Morgan fingerprint density at radius 2 is 1.68 bits per heavy atom. The minimum Gasteiger partial charge on any atom is -0.462 e. The van der Waals surface area contributed by atoms with Crippen molar-refractivity contribution in [1.82, 2.24) is 9.55 Å². The maximum atomic E-state index is 13.9. The Morgan fingerprint density at radius 1 is 0.975 bits per heavy atom. The number of alkyl halides is 3. The van der Waals surface area contributed by atoms with Crippen LogP contribution in [0.2, 0.25) is 0 Å². The number of esters is 2. The van der Waals surface area contributed by atoms with E-state index in [4.69, 9.17) is 9.47 Å². The molecule has 0 aliphatic carbocycles. The lowest BCUT2D eigenvalue weighted by Crippen LogP contribution is -2.16. The monoisotopic (exact) mass is 574 g/mol. The van der Waals surface area contributed by atoms with Crippen LogP contribution in [-0.4, -0.2) is 49.4 Å². The van der Waals surface area contributed by atoms with E-state index in [1.807, 2.05) is 0 Å². The van der Waals surface area contributed by atoms with Gasteiger partial charge in [0.2, 0.25) is 0 Å². The Morgan fingerprint density at radius 3 is 2.35 bits per heavy atom. The fraction of sp³-hybridized carbons (Fsp3) is 0.250. The highest BCUT2D eigenvalue weighted by atomic mass is 32.2. The van der Waals surface area contributed by atoms with Gasteiger partial charge < -0.3 is 14.0 Å². The maximum absolute atomic E-state index is 13.9. The molecule has 0 saturated heterocycles. The van der Waals surface area contributed by atoms with Gasteiger partial charge in [0, 0.05) is 30.1 Å². The third-order valence-corrected chi connectivity index (χ3v) is 7.37. The van der Waals surface area contributed by atoms with Crippen LogP contribution in [0, 0.1) is 6.92 Å². The Bertz CT molecular complexity index is 1660. The van der Waals surface area contributed by atoms with Gasteiger partial charge in [-0.1, -0.05) is 24.3 Å². The molecule has 0 fully saturated rings. The third kappa shape index (κ3) is 6.50. The number of sulfone groups is 1.